The predicted molar refractivity (Wildman–Crippen MR) is 88.7 cm³/mol. The van der Waals surface area contributed by atoms with Gasteiger partial charge in [0.25, 0.3) is 0 Å². The first-order valence-electron chi connectivity index (χ1n) is 7.23. The number of carbonyl (C=O) groups excluding carboxylic acids is 1. The van der Waals surface area contributed by atoms with Crippen molar-refractivity contribution in [2.24, 2.45) is 5.92 Å². The van der Waals surface area contributed by atoms with Gasteiger partial charge in [-0.2, -0.15) is 11.8 Å². The highest BCUT2D eigenvalue weighted by molar-refractivity contribution is 7.98. The normalized spacial score (nSPS) is 19.3. The third kappa shape index (κ3) is 3.74. The standard InChI is InChI=1S/C16H22ClNO2S/c1-12(11-21-2)15(19)18-9-7-16(20,8-10-18)13-5-3-4-6-14(13)17/h3-6,12,20H,7-11H2,1-2H3/t12-/m1/s1. The van der Waals surface area contributed by atoms with Gasteiger partial charge in [0, 0.05) is 35.3 Å². The van der Waals surface area contributed by atoms with Crippen LogP contribution in [0, 0.1) is 5.92 Å². The molecule has 0 spiro atoms. The summed E-state index contributed by atoms with van der Waals surface area (Å²) in [6, 6.07) is 7.41. The molecule has 1 N–H and O–H groups in total. The molecular formula is C16H22ClNO2S. The van der Waals surface area contributed by atoms with Crippen LogP contribution in [0.15, 0.2) is 24.3 Å². The lowest BCUT2D eigenvalue weighted by molar-refractivity contribution is -0.138. The number of rotatable bonds is 4. The molecule has 0 aromatic heterocycles. The van der Waals surface area contributed by atoms with Crippen molar-refractivity contribution in [1.29, 1.82) is 0 Å². The van der Waals surface area contributed by atoms with Crippen molar-refractivity contribution in [3.8, 4) is 0 Å². The lowest BCUT2D eigenvalue weighted by Gasteiger charge is -2.39. The van der Waals surface area contributed by atoms with Crippen LogP contribution in [0.2, 0.25) is 5.02 Å². The summed E-state index contributed by atoms with van der Waals surface area (Å²) in [6.07, 6.45) is 3.08. The zero-order valence-corrected chi connectivity index (χ0v) is 14.1. The molecular weight excluding hydrogens is 306 g/mol. The highest BCUT2D eigenvalue weighted by atomic mass is 35.5. The second kappa shape index (κ2) is 7.03. The zero-order valence-electron chi connectivity index (χ0n) is 12.5. The Hall–Kier alpha value is -0.710. The summed E-state index contributed by atoms with van der Waals surface area (Å²) in [7, 11) is 0. The maximum Gasteiger partial charge on any atom is 0.226 e. The molecule has 5 heteroatoms. The number of benzene rings is 1. The second-order valence-electron chi connectivity index (χ2n) is 5.69. The molecule has 0 unspecified atom stereocenters. The fraction of sp³-hybridized carbons (Fsp3) is 0.562. The minimum Gasteiger partial charge on any atom is -0.385 e. The number of halogens is 1. The molecule has 1 atom stereocenters. The third-order valence-corrected chi connectivity index (χ3v) is 5.28. The number of hydrogen-bond acceptors (Lipinski definition) is 3. The van der Waals surface area contributed by atoms with E-state index in [4.69, 9.17) is 11.6 Å². The van der Waals surface area contributed by atoms with Crippen molar-refractivity contribution in [2.45, 2.75) is 25.4 Å². The molecule has 21 heavy (non-hydrogen) atoms. The Morgan fingerprint density at radius 3 is 2.62 bits per heavy atom. The monoisotopic (exact) mass is 327 g/mol. The molecule has 1 saturated heterocycles. The van der Waals surface area contributed by atoms with Gasteiger partial charge in [0.15, 0.2) is 0 Å². The summed E-state index contributed by atoms with van der Waals surface area (Å²) < 4.78 is 0. The number of carbonyl (C=O) groups is 1. The van der Waals surface area contributed by atoms with E-state index in [1.54, 1.807) is 17.8 Å². The molecule has 0 bridgehead atoms. The van der Waals surface area contributed by atoms with E-state index < -0.39 is 5.60 Å². The van der Waals surface area contributed by atoms with Crippen molar-refractivity contribution >= 4 is 29.3 Å². The molecule has 1 aromatic rings. The van der Waals surface area contributed by atoms with Crippen molar-refractivity contribution in [2.75, 3.05) is 25.1 Å². The average molecular weight is 328 g/mol. The van der Waals surface area contributed by atoms with Gasteiger partial charge in [-0.1, -0.05) is 36.7 Å². The lowest BCUT2D eigenvalue weighted by atomic mass is 9.84. The molecule has 0 aliphatic carbocycles. The van der Waals surface area contributed by atoms with Crippen molar-refractivity contribution in [1.82, 2.24) is 4.90 Å². The van der Waals surface area contributed by atoms with Gasteiger partial charge in [-0.3, -0.25) is 4.79 Å². The van der Waals surface area contributed by atoms with Gasteiger partial charge in [-0.25, -0.2) is 0 Å². The number of likely N-dealkylation sites (tertiary alicyclic amines) is 1. The Kier molecular flexibility index (Phi) is 5.58. The van der Waals surface area contributed by atoms with Crippen molar-refractivity contribution in [3.05, 3.63) is 34.9 Å². The Morgan fingerprint density at radius 1 is 1.43 bits per heavy atom. The number of thioether (sulfide) groups is 1. The first-order valence-corrected chi connectivity index (χ1v) is 9.00. The van der Waals surface area contributed by atoms with E-state index in [1.807, 2.05) is 36.3 Å². The molecule has 2 rings (SSSR count). The van der Waals surface area contributed by atoms with Crippen LogP contribution in [0.3, 0.4) is 0 Å². The van der Waals surface area contributed by atoms with E-state index >= 15 is 0 Å². The number of hydrogen-bond donors (Lipinski definition) is 1. The van der Waals surface area contributed by atoms with Gasteiger partial charge in [0.1, 0.15) is 0 Å². The molecule has 0 radical (unpaired) electrons. The molecule has 3 nitrogen and oxygen atoms in total. The summed E-state index contributed by atoms with van der Waals surface area (Å²) in [6.45, 7) is 3.13. The average Bonchev–Trinajstić information content (AvgIpc) is 2.48. The minimum absolute atomic E-state index is 0.0338. The number of aliphatic hydroxyl groups is 1. The quantitative estimate of drug-likeness (QED) is 0.923. The number of piperidine rings is 1. The van der Waals surface area contributed by atoms with Gasteiger partial charge in [-0.05, 0) is 25.2 Å². The van der Waals surface area contributed by atoms with Crippen molar-refractivity contribution in [3.63, 3.8) is 0 Å². The Labute approximate surface area is 135 Å². The van der Waals surface area contributed by atoms with Crippen LogP contribution in [0.5, 0.6) is 0 Å². The van der Waals surface area contributed by atoms with Gasteiger partial charge in [0.2, 0.25) is 5.91 Å². The molecule has 1 heterocycles. The van der Waals surface area contributed by atoms with Crippen LogP contribution < -0.4 is 0 Å². The summed E-state index contributed by atoms with van der Waals surface area (Å²) in [5, 5.41) is 11.4. The largest absolute Gasteiger partial charge is 0.385 e. The lowest BCUT2D eigenvalue weighted by Crippen LogP contribution is -2.47. The topological polar surface area (TPSA) is 40.5 Å². The van der Waals surface area contributed by atoms with Crippen LogP contribution in [-0.2, 0) is 10.4 Å². The molecule has 1 fully saturated rings. The van der Waals surface area contributed by atoms with Crippen molar-refractivity contribution < 1.29 is 9.90 Å². The van der Waals surface area contributed by atoms with Crippen LogP contribution in [-0.4, -0.2) is 41.0 Å². The second-order valence-corrected chi connectivity index (χ2v) is 7.01. The molecule has 0 saturated carbocycles. The number of amides is 1. The van der Waals surface area contributed by atoms with Crippen LogP contribution in [0.25, 0.3) is 0 Å². The first-order chi connectivity index (χ1) is 9.98. The highest BCUT2D eigenvalue weighted by Crippen LogP contribution is 2.36. The van der Waals surface area contributed by atoms with E-state index in [2.05, 4.69) is 0 Å². The summed E-state index contributed by atoms with van der Waals surface area (Å²) in [5.74, 6) is 1.06. The van der Waals surface area contributed by atoms with Gasteiger partial charge in [-0.15, -0.1) is 0 Å². The molecule has 116 valence electrons. The van der Waals surface area contributed by atoms with Gasteiger partial charge >= 0.3 is 0 Å². The van der Waals surface area contributed by atoms with Crippen LogP contribution in [0.1, 0.15) is 25.3 Å². The van der Waals surface area contributed by atoms with Crippen LogP contribution in [0.4, 0.5) is 0 Å². The first kappa shape index (κ1) is 16.7. The SMILES string of the molecule is CSC[C@@H](C)C(=O)N1CCC(O)(c2ccccc2Cl)CC1. The maximum atomic E-state index is 12.3. The predicted octanol–water partition coefficient (Wildman–Crippen LogP) is 3.15. The summed E-state index contributed by atoms with van der Waals surface area (Å²) >= 11 is 7.88. The van der Waals surface area contributed by atoms with E-state index in [9.17, 15) is 9.90 Å². The summed E-state index contributed by atoms with van der Waals surface area (Å²) in [4.78, 5) is 14.2. The van der Waals surface area contributed by atoms with Crippen LogP contribution >= 0.6 is 23.4 Å². The fourth-order valence-electron chi connectivity index (χ4n) is 2.84. The van der Waals surface area contributed by atoms with Gasteiger partial charge < -0.3 is 10.0 Å². The van der Waals surface area contributed by atoms with E-state index in [0.717, 1.165) is 11.3 Å². The molecule has 1 aromatic carbocycles. The third-order valence-electron chi connectivity index (χ3n) is 4.12. The molecule has 1 aliphatic heterocycles. The Morgan fingerprint density at radius 2 is 2.05 bits per heavy atom. The van der Waals surface area contributed by atoms with Gasteiger partial charge in [0.05, 0.1) is 5.60 Å². The van der Waals surface area contributed by atoms with E-state index in [-0.39, 0.29) is 11.8 Å². The van der Waals surface area contributed by atoms with E-state index in [0.29, 0.717) is 31.0 Å². The number of nitrogens with zero attached hydrogens (tertiary/aromatic N) is 1. The fourth-order valence-corrected chi connectivity index (χ4v) is 3.79. The van der Waals surface area contributed by atoms with E-state index in [1.165, 1.54) is 0 Å². The smallest absolute Gasteiger partial charge is 0.226 e. The Bertz CT molecular complexity index is 501. The molecule has 1 aliphatic rings. The zero-order chi connectivity index (χ0) is 15.5. The summed E-state index contributed by atoms with van der Waals surface area (Å²) in [5.41, 5.74) is -0.145. The highest BCUT2D eigenvalue weighted by Gasteiger charge is 2.37. The molecule has 1 amide bonds. The minimum atomic E-state index is -0.919. The Balaban J connectivity index is 2.03. The maximum absolute atomic E-state index is 12.3.